The molecule has 0 bridgehead atoms. The lowest BCUT2D eigenvalue weighted by Gasteiger charge is -2.45. The highest BCUT2D eigenvalue weighted by Gasteiger charge is 2.51. The maximum Gasteiger partial charge on any atom is 0.187 e. The SMILES string of the molecule is OC[C@@H](O)[C@@H]1O[C@@H](OC[C@H]2O[C@H](O)[C@@H](O)[C@@H](O[C@H]3O[C@H](CO)[C@@H](O)[C@H](O)[C@@H]3O)[C@@H]2O)[C@H](O)[C@H]1O. The quantitative estimate of drug-likeness (QED) is 0.146. The number of aliphatic hydroxyl groups is 11. The number of hydrogen-bond acceptors (Lipinski definition) is 16. The highest BCUT2D eigenvalue weighted by Crippen LogP contribution is 2.30. The summed E-state index contributed by atoms with van der Waals surface area (Å²) >= 11 is 0. The molecule has 16 heteroatoms. The first-order chi connectivity index (χ1) is 16.0. The smallest absolute Gasteiger partial charge is 0.187 e. The Balaban J connectivity index is 1.64. The van der Waals surface area contributed by atoms with E-state index in [-0.39, 0.29) is 0 Å². The number of hydrogen-bond donors (Lipinski definition) is 11. The van der Waals surface area contributed by atoms with E-state index in [2.05, 4.69) is 0 Å². The first-order valence-corrected chi connectivity index (χ1v) is 10.6. The molecule has 0 aromatic carbocycles. The lowest BCUT2D eigenvalue weighted by molar-refractivity contribution is -0.358. The topological polar surface area (TPSA) is 269 Å². The van der Waals surface area contributed by atoms with Gasteiger partial charge in [0.15, 0.2) is 18.9 Å². The molecule has 3 rings (SSSR count). The molecule has 3 aliphatic rings. The Morgan fingerprint density at radius 3 is 1.91 bits per heavy atom. The summed E-state index contributed by atoms with van der Waals surface area (Å²) in [7, 11) is 0. The average Bonchev–Trinajstić information content (AvgIpc) is 3.11. The zero-order chi connectivity index (χ0) is 25.3. The molecule has 3 heterocycles. The molecule has 0 spiro atoms. The predicted octanol–water partition coefficient (Wildman–Crippen LogP) is -7.57. The fourth-order valence-corrected chi connectivity index (χ4v) is 3.97. The second-order valence-electron chi connectivity index (χ2n) is 8.38. The molecular formula is C18H32O16. The van der Waals surface area contributed by atoms with Crippen LogP contribution >= 0.6 is 0 Å². The van der Waals surface area contributed by atoms with Crippen LogP contribution in [0.2, 0.25) is 0 Å². The third-order valence-electron chi connectivity index (χ3n) is 6.05. The molecule has 0 radical (unpaired) electrons. The van der Waals surface area contributed by atoms with Gasteiger partial charge in [-0.3, -0.25) is 0 Å². The average molecular weight is 504 g/mol. The largest absolute Gasteiger partial charge is 0.394 e. The van der Waals surface area contributed by atoms with Gasteiger partial charge in [0, 0.05) is 0 Å². The molecule has 34 heavy (non-hydrogen) atoms. The molecule has 0 unspecified atom stereocenters. The van der Waals surface area contributed by atoms with Gasteiger partial charge >= 0.3 is 0 Å². The van der Waals surface area contributed by atoms with Crippen LogP contribution in [0.3, 0.4) is 0 Å². The molecule has 3 fully saturated rings. The van der Waals surface area contributed by atoms with E-state index < -0.39 is 112 Å². The molecule has 200 valence electrons. The molecule has 0 aromatic heterocycles. The van der Waals surface area contributed by atoms with E-state index in [0.29, 0.717) is 0 Å². The van der Waals surface area contributed by atoms with Crippen molar-refractivity contribution < 1.29 is 79.9 Å². The lowest BCUT2D eigenvalue weighted by Crippen LogP contribution is -2.64. The second kappa shape index (κ2) is 11.6. The van der Waals surface area contributed by atoms with E-state index in [1.165, 1.54) is 0 Å². The summed E-state index contributed by atoms with van der Waals surface area (Å²) in [6.07, 6.45) is -24.6. The zero-order valence-electron chi connectivity index (χ0n) is 17.7. The summed E-state index contributed by atoms with van der Waals surface area (Å²) < 4.78 is 26.1. The van der Waals surface area contributed by atoms with Crippen LogP contribution < -0.4 is 0 Å². The van der Waals surface area contributed by atoms with E-state index in [1.807, 2.05) is 0 Å². The van der Waals surface area contributed by atoms with E-state index >= 15 is 0 Å². The molecule has 0 aliphatic carbocycles. The summed E-state index contributed by atoms with van der Waals surface area (Å²) in [5.74, 6) is 0. The Labute approximate surface area is 192 Å². The van der Waals surface area contributed by atoms with Gasteiger partial charge in [0.1, 0.15) is 73.2 Å². The van der Waals surface area contributed by atoms with Crippen molar-refractivity contribution >= 4 is 0 Å². The van der Waals surface area contributed by atoms with Gasteiger partial charge in [0.05, 0.1) is 19.8 Å². The van der Waals surface area contributed by atoms with Crippen LogP contribution in [0.15, 0.2) is 0 Å². The van der Waals surface area contributed by atoms with Crippen molar-refractivity contribution in [2.75, 3.05) is 19.8 Å². The van der Waals surface area contributed by atoms with Gasteiger partial charge in [-0.1, -0.05) is 0 Å². The highest BCUT2D eigenvalue weighted by molar-refractivity contribution is 4.95. The Bertz CT molecular complexity index is 639. The van der Waals surface area contributed by atoms with Crippen molar-refractivity contribution in [1.82, 2.24) is 0 Å². The molecule has 3 aliphatic heterocycles. The van der Waals surface area contributed by atoms with Crippen molar-refractivity contribution in [3.05, 3.63) is 0 Å². The van der Waals surface area contributed by atoms with Gasteiger partial charge in [-0.05, 0) is 0 Å². The van der Waals surface area contributed by atoms with Gasteiger partial charge in [-0.2, -0.15) is 0 Å². The van der Waals surface area contributed by atoms with Crippen LogP contribution in [0.1, 0.15) is 0 Å². The third kappa shape index (κ3) is 5.52. The fourth-order valence-electron chi connectivity index (χ4n) is 3.97. The Morgan fingerprint density at radius 2 is 1.29 bits per heavy atom. The van der Waals surface area contributed by atoms with Crippen LogP contribution in [0.4, 0.5) is 0 Å². The lowest BCUT2D eigenvalue weighted by atomic mass is 9.97. The zero-order valence-corrected chi connectivity index (χ0v) is 17.7. The van der Waals surface area contributed by atoms with E-state index in [9.17, 15) is 51.1 Å². The monoisotopic (exact) mass is 504 g/mol. The van der Waals surface area contributed by atoms with Crippen molar-refractivity contribution in [2.24, 2.45) is 0 Å². The van der Waals surface area contributed by atoms with Gasteiger partial charge in [0.2, 0.25) is 0 Å². The maximum atomic E-state index is 10.6. The summed E-state index contributed by atoms with van der Waals surface area (Å²) in [5, 5.41) is 109. The molecule has 0 amide bonds. The van der Waals surface area contributed by atoms with Crippen molar-refractivity contribution in [2.45, 2.75) is 92.1 Å². The molecule has 0 saturated carbocycles. The minimum absolute atomic E-state index is 0.587. The highest BCUT2D eigenvalue weighted by atomic mass is 16.7. The minimum Gasteiger partial charge on any atom is -0.394 e. The van der Waals surface area contributed by atoms with Gasteiger partial charge in [0.25, 0.3) is 0 Å². The predicted molar refractivity (Wildman–Crippen MR) is 101 cm³/mol. The van der Waals surface area contributed by atoms with Crippen molar-refractivity contribution in [1.29, 1.82) is 0 Å². The first-order valence-electron chi connectivity index (χ1n) is 10.6. The minimum atomic E-state index is -1.92. The van der Waals surface area contributed by atoms with Gasteiger partial charge < -0.3 is 79.9 Å². The van der Waals surface area contributed by atoms with E-state index in [0.717, 1.165) is 0 Å². The Kier molecular flexibility index (Phi) is 9.54. The van der Waals surface area contributed by atoms with E-state index in [1.54, 1.807) is 0 Å². The molecule has 15 atom stereocenters. The summed E-state index contributed by atoms with van der Waals surface area (Å²) in [6, 6.07) is 0. The van der Waals surface area contributed by atoms with Gasteiger partial charge in [-0.25, -0.2) is 0 Å². The molecule has 0 aromatic rings. The van der Waals surface area contributed by atoms with Crippen LogP contribution in [0, 0.1) is 0 Å². The van der Waals surface area contributed by atoms with Gasteiger partial charge in [-0.15, -0.1) is 0 Å². The maximum absolute atomic E-state index is 10.6. The molecular weight excluding hydrogens is 472 g/mol. The van der Waals surface area contributed by atoms with Crippen molar-refractivity contribution in [3.63, 3.8) is 0 Å². The van der Waals surface area contributed by atoms with Crippen LogP contribution in [-0.2, 0) is 23.7 Å². The van der Waals surface area contributed by atoms with Crippen LogP contribution in [-0.4, -0.2) is 168 Å². The van der Waals surface area contributed by atoms with Crippen molar-refractivity contribution in [3.8, 4) is 0 Å². The molecule has 3 saturated heterocycles. The number of ether oxygens (including phenoxy) is 5. The number of rotatable bonds is 8. The second-order valence-corrected chi connectivity index (χ2v) is 8.38. The Hall–Kier alpha value is -0.640. The summed E-state index contributed by atoms with van der Waals surface area (Å²) in [6.45, 7) is -2.09. The molecule has 16 nitrogen and oxygen atoms in total. The first kappa shape index (κ1) is 27.9. The fraction of sp³-hybridized carbons (Fsp3) is 1.00. The van der Waals surface area contributed by atoms with Crippen LogP contribution in [0.25, 0.3) is 0 Å². The summed E-state index contributed by atoms with van der Waals surface area (Å²) in [4.78, 5) is 0. The normalized spacial score (nSPS) is 50.9. The molecule has 11 N–H and O–H groups in total. The summed E-state index contributed by atoms with van der Waals surface area (Å²) in [5.41, 5.74) is 0. The number of aliphatic hydroxyl groups excluding tert-OH is 11. The third-order valence-corrected chi connectivity index (χ3v) is 6.05. The van der Waals surface area contributed by atoms with E-state index in [4.69, 9.17) is 28.8 Å². The Morgan fingerprint density at radius 1 is 0.647 bits per heavy atom. The van der Waals surface area contributed by atoms with Crippen LogP contribution in [0.5, 0.6) is 0 Å². The standard InChI is InChI=1S/C18H32O16/c19-1-4(21)14-10(25)12(27)17(33-14)30-3-6-8(23)15(13(28)16(29)31-6)34-18-11(26)9(24)7(22)5(2-20)32-18/h4-29H,1-3H2/t4-,5-,6-,7-,8-,9+,10-,11+,12-,13+,14+,15+,16+,17-,18-/m1/s1.